The minimum atomic E-state index is 0. The number of aliphatic hydroxyl groups is 1. The van der Waals surface area contributed by atoms with Crippen molar-refractivity contribution < 1.29 is 5.11 Å². The molecule has 5 heavy (non-hydrogen) atoms. The first kappa shape index (κ1) is 8.95. The summed E-state index contributed by atoms with van der Waals surface area (Å²) in [4.78, 5) is 0. The Morgan fingerprint density at radius 2 is 1.80 bits per heavy atom. The molecule has 0 saturated heterocycles. The van der Waals surface area contributed by atoms with E-state index in [0.29, 0.717) is 6.61 Å². The van der Waals surface area contributed by atoms with Gasteiger partial charge < -0.3 is 5.11 Å². The van der Waals surface area contributed by atoms with Gasteiger partial charge in [0.2, 0.25) is 0 Å². The highest BCUT2D eigenvalue weighted by atomic mass is 28.1. The second-order valence-corrected chi connectivity index (χ2v) is 0.724. The van der Waals surface area contributed by atoms with Crippen LogP contribution in [0.25, 0.3) is 0 Å². The molecule has 0 aromatic carbocycles. The summed E-state index contributed by atoms with van der Waals surface area (Å²) in [6.45, 7) is 2.25. The minimum Gasteiger partial charge on any atom is -0.396 e. The van der Waals surface area contributed by atoms with Crippen LogP contribution in [0.1, 0.15) is 13.3 Å². The van der Waals surface area contributed by atoms with Crippen molar-refractivity contribution in [1.82, 2.24) is 0 Å². The lowest BCUT2D eigenvalue weighted by Gasteiger charge is -1.69. The molecule has 0 heterocycles. The summed E-state index contributed by atoms with van der Waals surface area (Å²) >= 11 is 0. The van der Waals surface area contributed by atoms with Crippen LogP contribution in [-0.4, -0.2) is 22.7 Å². The fourth-order valence-corrected chi connectivity index (χ4v) is 0. The zero-order valence-corrected chi connectivity index (χ0v) is 4.36. The number of rotatable bonds is 1. The number of aliphatic hydroxyl groups excluding tert-OH is 1. The first-order chi connectivity index (χ1) is 1.91. The molecule has 0 aliphatic rings. The van der Waals surface area contributed by atoms with Crippen molar-refractivity contribution >= 4 is 11.0 Å². The van der Waals surface area contributed by atoms with E-state index in [4.69, 9.17) is 5.11 Å². The van der Waals surface area contributed by atoms with Gasteiger partial charge in [0.25, 0.3) is 0 Å². The van der Waals surface area contributed by atoms with E-state index in [1.807, 2.05) is 6.92 Å². The molecule has 0 rings (SSSR count). The molecule has 0 spiro atoms. The Morgan fingerprint density at radius 1 is 1.60 bits per heavy atom. The fraction of sp³-hybridized carbons (Fsp3) is 1.00. The molecule has 0 amide bonds. The van der Waals surface area contributed by atoms with Crippen LogP contribution in [-0.2, 0) is 0 Å². The highest BCUT2D eigenvalue weighted by Gasteiger charge is 1.57. The van der Waals surface area contributed by atoms with Crippen LogP contribution < -0.4 is 0 Å². The molecular weight excluding hydrogens is 80.1 g/mol. The zero-order chi connectivity index (χ0) is 3.41. The Balaban J connectivity index is 0. The molecule has 0 aromatic rings. The van der Waals surface area contributed by atoms with Crippen LogP contribution in [0.4, 0.5) is 0 Å². The van der Waals surface area contributed by atoms with Crippen LogP contribution in [0.3, 0.4) is 0 Å². The predicted octanol–water partition coefficient (Wildman–Crippen LogP) is 0.00790. The Bertz CT molecular complexity index is 8.85. The van der Waals surface area contributed by atoms with Gasteiger partial charge in [-0.2, -0.15) is 0 Å². The normalized spacial score (nSPS) is 6.00. The van der Waals surface area contributed by atoms with E-state index < -0.39 is 0 Å². The van der Waals surface area contributed by atoms with Gasteiger partial charge in [0, 0.05) is 17.6 Å². The monoisotopic (exact) mass is 88.0 g/mol. The van der Waals surface area contributed by atoms with E-state index >= 15 is 0 Å². The quantitative estimate of drug-likeness (QED) is 0.448. The van der Waals surface area contributed by atoms with E-state index in [0.717, 1.165) is 6.42 Å². The molecule has 4 radical (unpaired) electrons. The van der Waals surface area contributed by atoms with Crippen LogP contribution in [0.2, 0.25) is 0 Å². The third-order valence-electron chi connectivity index (χ3n) is 0.224. The second-order valence-electron chi connectivity index (χ2n) is 0.724. The van der Waals surface area contributed by atoms with Crippen molar-refractivity contribution in [1.29, 1.82) is 0 Å². The van der Waals surface area contributed by atoms with Gasteiger partial charge in [0.15, 0.2) is 0 Å². The highest BCUT2D eigenvalue weighted by molar-refractivity contribution is 5.75. The molecule has 30 valence electrons. The zero-order valence-electron chi connectivity index (χ0n) is 3.36. The van der Waals surface area contributed by atoms with Gasteiger partial charge in [-0.1, -0.05) is 6.92 Å². The molecule has 1 nitrogen and oxygen atoms in total. The summed E-state index contributed by atoms with van der Waals surface area (Å²) in [7, 11) is 0. The lowest BCUT2D eigenvalue weighted by Crippen LogP contribution is -1.69. The first-order valence-corrected chi connectivity index (χ1v) is 1.52. The van der Waals surface area contributed by atoms with Crippen LogP contribution >= 0.6 is 0 Å². The van der Waals surface area contributed by atoms with E-state index in [9.17, 15) is 0 Å². The molecule has 0 aliphatic heterocycles. The molecule has 2 heteroatoms. The Hall–Kier alpha value is 0.177. The maximum Gasteiger partial charge on any atom is 0.0428 e. The molecule has 0 bridgehead atoms. The van der Waals surface area contributed by atoms with E-state index in [2.05, 4.69) is 0 Å². The second kappa shape index (κ2) is 8.90. The minimum absolute atomic E-state index is 0. The standard InChI is InChI=1S/C3H8O.Si/c1-2-3-4;/h4H,2-3H2,1H3;. The van der Waals surface area contributed by atoms with Crippen molar-refractivity contribution in [2.45, 2.75) is 13.3 Å². The summed E-state index contributed by atoms with van der Waals surface area (Å²) < 4.78 is 0. The lowest BCUT2D eigenvalue weighted by molar-refractivity contribution is 0.295. The van der Waals surface area contributed by atoms with Gasteiger partial charge in [-0.15, -0.1) is 0 Å². The van der Waals surface area contributed by atoms with Crippen LogP contribution in [0.5, 0.6) is 0 Å². The van der Waals surface area contributed by atoms with E-state index in [-0.39, 0.29) is 11.0 Å². The van der Waals surface area contributed by atoms with Gasteiger partial charge in [-0.25, -0.2) is 0 Å². The van der Waals surface area contributed by atoms with Gasteiger partial charge in [0.05, 0.1) is 0 Å². The summed E-state index contributed by atoms with van der Waals surface area (Å²) in [5.74, 6) is 0. The molecule has 1 N–H and O–H groups in total. The SMILES string of the molecule is CCCO.[Si]. The van der Waals surface area contributed by atoms with Gasteiger partial charge in [-0.05, 0) is 6.42 Å². The molecule has 0 unspecified atom stereocenters. The smallest absolute Gasteiger partial charge is 0.0428 e. The predicted molar refractivity (Wildman–Crippen MR) is 23.1 cm³/mol. The summed E-state index contributed by atoms with van der Waals surface area (Å²) in [5, 5.41) is 7.88. The molecule has 0 atom stereocenters. The summed E-state index contributed by atoms with van der Waals surface area (Å²) in [5.41, 5.74) is 0. The van der Waals surface area contributed by atoms with Crippen molar-refractivity contribution in [3.8, 4) is 0 Å². The van der Waals surface area contributed by atoms with E-state index in [1.165, 1.54) is 0 Å². The van der Waals surface area contributed by atoms with Crippen LogP contribution in [0.15, 0.2) is 0 Å². The highest BCUT2D eigenvalue weighted by Crippen LogP contribution is 1.61. The molecule has 0 aliphatic carbocycles. The molecular formula is C3H8OSi. The molecule has 0 aromatic heterocycles. The summed E-state index contributed by atoms with van der Waals surface area (Å²) in [6.07, 6.45) is 0.875. The lowest BCUT2D eigenvalue weighted by atomic mass is 10.5. The number of hydrogen-bond donors (Lipinski definition) is 1. The van der Waals surface area contributed by atoms with Crippen molar-refractivity contribution in [2.75, 3.05) is 6.61 Å². The van der Waals surface area contributed by atoms with Crippen molar-refractivity contribution in [2.24, 2.45) is 0 Å². The molecule has 0 fully saturated rings. The van der Waals surface area contributed by atoms with Gasteiger partial charge >= 0.3 is 0 Å². The van der Waals surface area contributed by atoms with Gasteiger partial charge in [0.1, 0.15) is 0 Å². The van der Waals surface area contributed by atoms with Crippen LogP contribution in [0, 0.1) is 0 Å². The Labute approximate surface area is 37.0 Å². The van der Waals surface area contributed by atoms with Crippen molar-refractivity contribution in [3.63, 3.8) is 0 Å². The Kier molecular flexibility index (Phi) is 15.9. The largest absolute Gasteiger partial charge is 0.396 e. The Morgan fingerprint density at radius 3 is 1.80 bits per heavy atom. The average Bonchev–Trinajstić information content (AvgIpc) is 1.37. The average molecular weight is 88.2 g/mol. The summed E-state index contributed by atoms with van der Waals surface area (Å²) in [6, 6.07) is 0. The topological polar surface area (TPSA) is 20.2 Å². The van der Waals surface area contributed by atoms with E-state index in [1.54, 1.807) is 0 Å². The maximum absolute atomic E-state index is 7.88. The maximum atomic E-state index is 7.88. The fourth-order valence-electron chi connectivity index (χ4n) is 0. The number of hydrogen-bond acceptors (Lipinski definition) is 1. The third-order valence-corrected chi connectivity index (χ3v) is 0.224. The third kappa shape index (κ3) is 14.3. The molecule has 0 saturated carbocycles. The first-order valence-electron chi connectivity index (χ1n) is 1.52. The van der Waals surface area contributed by atoms with Gasteiger partial charge in [-0.3, -0.25) is 0 Å². The van der Waals surface area contributed by atoms with Crippen molar-refractivity contribution in [3.05, 3.63) is 0 Å².